The van der Waals surface area contributed by atoms with Crippen LogP contribution in [0.15, 0.2) is 54.6 Å². The first-order valence-corrected chi connectivity index (χ1v) is 9.07. The summed E-state index contributed by atoms with van der Waals surface area (Å²) in [5.41, 5.74) is 4.02. The van der Waals surface area contributed by atoms with E-state index in [0.717, 1.165) is 30.3 Å². The average molecular weight is 397 g/mol. The van der Waals surface area contributed by atoms with Crippen molar-refractivity contribution in [3.63, 3.8) is 0 Å². The van der Waals surface area contributed by atoms with Crippen molar-refractivity contribution >= 4 is 31.9 Å². The van der Waals surface area contributed by atoms with Gasteiger partial charge in [0.15, 0.2) is 0 Å². The fraction of sp³-hybridized carbons (Fsp3) is 0.294. The van der Waals surface area contributed by atoms with Crippen molar-refractivity contribution in [2.45, 2.75) is 6.54 Å². The molecule has 0 radical (unpaired) electrons. The molecule has 2 rings (SSSR count). The molecule has 0 aliphatic heterocycles. The van der Waals surface area contributed by atoms with Gasteiger partial charge in [-0.15, -0.1) is 0 Å². The number of halogens is 2. The maximum absolute atomic E-state index is 3.54. The zero-order valence-corrected chi connectivity index (χ0v) is 14.6. The van der Waals surface area contributed by atoms with Gasteiger partial charge in [-0.3, -0.25) is 4.90 Å². The summed E-state index contributed by atoms with van der Waals surface area (Å²) in [7, 11) is 0. The van der Waals surface area contributed by atoms with E-state index in [1.807, 2.05) is 0 Å². The molecule has 106 valence electrons. The molecular formula is C17H19Br2N. The van der Waals surface area contributed by atoms with Crippen LogP contribution in [-0.2, 0) is 6.54 Å². The third kappa shape index (κ3) is 4.44. The Labute approximate surface area is 138 Å². The highest BCUT2D eigenvalue weighted by molar-refractivity contribution is 9.09. The van der Waals surface area contributed by atoms with Crippen LogP contribution in [0, 0.1) is 0 Å². The normalized spacial score (nSPS) is 10.9. The Hall–Kier alpha value is -0.640. The molecule has 0 spiro atoms. The van der Waals surface area contributed by atoms with Crippen LogP contribution in [0.1, 0.15) is 5.56 Å². The van der Waals surface area contributed by atoms with Crippen molar-refractivity contribution in [2.24, 2.45) is 0 Å². The highest BCUT2D eigenvalue weighted by Gasteiger charge is 2.09. The first-order valence-electron chi connectivity index (χ1n) is 6.82. The summed E-state index contributed by atoms with van der Waals surface area (Å²) in [6.07, 6.45) is 0. The Kier molecular flexibility index (Phi) is 6.77. The first kappa shape index (κ1) is 15.7. The van der Waals surface area contributed by atoms with Crippen LogP contribution >= 0.6 is 31.9 Å². The van der Waals surface area contributed by atoms with Gasteiger partial charge in [0.1, 0.15) is 0 Å². The molecule has 0 amide bonds. The summed E-state index contributed by atoms with van der Waals surface area (Å²) in [5.74, 6) is 0. The van der Waals surface area contributed by atoms with E-state index in [0.29, 0.717) is 0 Å². The molecule has 0 aromatic heterocycles. The van der Waals surface area contributed by atoms with E-state index in [9.17, 15) is 0 Å². The van der Waals surface area contributed by atoms with E-state index in [4.69, 9.17) is 0 Å². The summed E-state index contributed by atoms with van der Waals surface area (Å²) >= 11 is 7.08. The van der Waals surface area contributed by atoms with E-state index in [1.54, 1.807) is 0 Å². The SMILES string of the molecule is BrCCN(CCBr)Cc1ccccc1-c1ccccc1. The summed E-state index contributed by atoms with van der Waals surface area (Å²) in [5, 5.41) is 2.01. The largest absolute Gasteiger partial charge is 0.297 e. The quantitative estimate of drug-likeness (QED) is 0.598. The minimum Gasteiger partial charge on any atom is -0.297 e. The van der Waals surface area contributed by atoms with Crippen LogP contribution < -0.4 is 0 Å². The van der Waals surface area contributed by atoms with Gasteiger partial charge in [-0.05, 0) is 16.7 Å². The van der Waals surface area contributed by atoms with Gasteiger partial charge in [-0.1, -0.05) is 86.5 Å². The lowest BCUT2D eigenvalue weighted by Crippen LogP contribution is -2.27. The highest BCUT2D eigenvalue weighted by Crippen LogP contribution is 2.24. The summed E-state index contributed by atoms with van der Waals surface area (Å²) < 4.78 is 0. The van der Waals surface area contributed by atoms with Gasteiger partial charge in [-0.25, -0.2) is 0 Å². The van der Waals surface area contributed by atoms with Crippen molar-refractivity contribution in [3.05, 3.63) is 60.2 Å². The Bertz CT molecular complexity index is 507. The molecule has 2 aromatic rings. The lowest BCUT2D eigenvalue weighted by Gasteiger charge is -2.22. The molecule has 0 bridgehead atoms. The Morgan fingerprint density at radius 1 is 0.750 bits per heavy atom. The Morgan fingerprint density at radius 2 is 1.35 bits per heavy atom. The molecular weight excluding hydrogens is 378 g/mol. The molecule has 0 unspecified atom stereocenters. The lowest BCUT2D eigenvalue weighted by atomic mass is 9.99. The standard InChI is InChI=1S/C17H19Br2N/c18-10-12-20(13-11-19)14-16-8-4-5-9-17(16)15-6-2-1-3-7-15/h1-9H,10-14H2. The number of benzene rings is 2. The van der Waals surface area contributed by atoms with Gasteiger partial charge in [0, 0.05) is 30.3 Å². The van der Waals surface area contributed by atoms with Crippen LogP contribution in [0.25, 0.3) is 11.1 Å². The number of rotatable bonds is 7. The predicted octanol–water partition coefficient (Wildman–Crippen LogP) is 4.95. The minimum atomic E-state index is 0.988. The minimum absolute atomic E-state index is 0.988. The van der Waals surface area contributed by atoms with E-state index >= 15 is 0 Å². The zero-order valence-electron chi connectivity index (χ0n) is 11.4. The molecule has 3 heteroatoms. The van der Waals surface area contributed by atoms with E-state index < -0.39 is 0 Å². The van der Waals surface area contributed by atoms with Crippen molar-refractivity contribution in [1.82, 2.24) is 4.90 Å². The predicted molar refractivity (Wildman–Crippen MR) is 94.7 cm³/mol. The average Bonchev–Trinajstić information content (AvgIpc) is 2.49. The van der Waals surface area contributed by atoms with Gasteiger partial charge in [0.25, 0.3) is 0 Å². The van der Waals surface area contributed by atoms with Crippen LogP contribution in [0.3, 0.4) is 0 Å². The maximum Gasteiger partial charge on any atom is 0.0240 e. The molecule has 0 aliphatic carbocycles. The lowest BCUT2D eigenvalue weighted by molar-refractivity contribution is 0.303. The molecule has 2 aromatic carbocycles. The number of hydrogen-bond donors (Lipinski definition) is 0. The number of nitrogens with zero attached hydrogens (tertiary/aromatic N) is 1. The van der Waals surface area contributed by atoms with E-state index in [1.165, 1.54) is 16.7 Å². The van der Waals surface area contributed by atoms with Crippen molar-refractivity contribution < 1.29 is 0 Å². The molecule has 0 saturated carbocycles. The molecule has 0 saturated heterocycles. The summed E-state index contributed by atoms with van der Waals surface area (Å²) in [6, 6.07) is 19.3. The van der Waals surface area contributed by atoms with Crippen molar-refractivity contribution in [2.75, 3.05) is 23.7 Å². The van der Waals surface area contributed by atoms with Crippen molar-refractivity contribution in [3.8, 4) is 11.1 Å². The van der Waals surface area contributed by atoms with Gasteiger partial charge in [-0.2, -0.15) is 0 Å². The van der Waals surface area contributed by atoms with Gasteiger partial charge >= 0.3 is 0 Å². The van der Waals surface area contributed by atoms with Crippen molar-refractivity contribution in [1.29, 1.82) is 0 Å². The van der Waals surface area contributed by atoms with Crippen LogP contribution in [0.4, 0.5) is 0 Å². The third-order valence-corrected chi connectivity index (χ3v) is 4.01. The molecule has 0 atom stereocenters. The first-order chi connectivity index (χ1) is 9.85. The second-order valence-corrected chi connectivity index (χ2v) is 6.26. The smallest absolute Gasteiger partial charge is 0.0240 e. The Morgan fingerprint density at radius 3 is 2.00 bits per heavy atom. The fourth-order valence-electron chi connectivity index (χ4n) is 2.31. The number of hydrogen-bond acceptors (Lipinski definition) is 1. The van der Waals surface area contributed by atoms with Gasteiger partial charge < -0.3 is 0 Å². The molecule has 20 heavy (non-hydrogen) atoms. The fourth-order valence-corrected chi connectivity index (χ4v) is 3.31. The monoisotopic (exact) mass is 395 g/mol. The second kappa shape index (κ2) is 8.60. The summed E-state index contributed by atoms with van der Waals surface area (Å²) in [6.45, 7) is 3.12. The summed E-state index contributed by atoms with van der Waals surface area (Å²) in [4.78, 5) is 2.46. The zero-order chi connectivity index (χ0) is 14.2. The van der Waals surface area contributed by atoms with Gasteiger partial charge in [0.2, 0.25) is 0 Å². The number of alkyl halides is 2. The highest BCUT2D eigenvalue weighted by atomic mass is 79.9. The van der Waals surface area contributed by atoms with Gasteiger partial charge in [0.05, 0.1) is 0 Å². The Balaban J connectivity index is 2.23. The van der Waals surface area contributed by atoms with Crippen LogP contribution in [0.2, 0.25) is 0 Å². The topological polar surface area (TPSA) is 3.24 Å². The second-order valence-electron chi connectivity index (χ2n) is 4.68. The molecule has 0 N–H and O–H groups in total. The molecule has 0 aliphatic rings. The maximum atomic E-state index is 3.54. The van der Waals surface area contributed by atoms with E-state index in [-0.39, 0.29) is 0 Å². The molecule has 1 nitrogen and oxygen atoms in total. The van der Waals surface area contributed by atoms with Crippen LogP contribution in [-0.4, -0.2) is 28.6 Å². The molecule has 0 heterocycles. The van der Waals surface area contributed by atoms with E-state index in [2.05, 4.69) is 91.4 Å². The molecule has 0 fully saturated rings. The third-order valence-electron chi connectivity index (χ3n) is 3.30. The van der Waals surface area contributed by atoms with Crippen LogP contribution in [0.5, 0.6) is 0 Å².